The van der Waals surface area contributed by atoms with E-state index in [1.807, 2.05) is 0 Å². The third kappa shape index (κ3) is 2.91. The van der Waals surface area contributed by atoms with Crippen LogP contribution in [0.25, 0.3) is 0 Å². The van der Waals surface area contributed by atoms with Crippen LogP contribution >= 0.6 is 11.3 Å². The van der Waals surface area contributed by atoms with Crippen molar-refractivity contribution in [1.82, 2.24) is 4.98 Å². The van der Waals surface area contributed by atoms with Gasteiger partial charge in [-0.05, 0) is 37.1 Å². The Morgan fingerprint density at radius 2 is 2.14 bits per heavy atom. The minimum Gasteiger partial charge on any atom is -0.326 e. The molecular weight excluding hydrogens is 310 g/mol. The van der Waals surface area contributed by atoms with Crippen molar-refractivity contribution in [2.45, 2.75) is 24.7 Å². The number of aryl methyl sites for hydroxylation is 2. The zero-order chi connectivity index (χ0) is 15.0. The van der Waals surface area contributed by atoms with E-state index < -0.39 is 10.0 Å². The lowest BCUT2D eigenvalue weighted by atomic mass is 10.0. The van der Waals surface area contributed by atoms with Crippen LogP contribution in [0.4, 0.5) is 10.8 Å². The van der Waals surface area contributed by atoms with Gasteiger partial charge in [-0.25, -0.2) is 13.4 Å². The Balaban J connectivity index is 1.91. The first kappa shape index (κ1) is 14.0. The summed E-state index contributed by atoms with van der Waals surface area (Å²) in [5.41, 5.74) is 2.27. The molecule has 0 spiro atoms. The highest BCUT2D eigenvalue weighted by Crippen LogP contribution is 2.27. The first-order valence-corrected chi connectivity index (χ1v) is 8.68. The Kier molecular flexibility index (Phi) is 3.42. The van der Waals surface area contributed by atoms with Crippen molar-refractivity contribution in [2.24, 2.45) is 0 Å². The maximum absolute atomic E-state index is 12.3. The lowest BCUT2D eigenvalue weighted by Gasteiger charge is -2.17. The summed E-state index contributed by atoms with van der Waals surface area (Å²) in [5, 5.41) is 4.85. The van der Waals surface area contributed by atoms with Crippen molar-refractivity contribution in [1.29, 1.82) is 0 Å². The number of aromatic nitrogens is 1. The SMILES string of the molecule is Cc1csc(NS(=O)(=O)c2ccc3c(c2)CCC(=O)N3)n1. The van der Waals surface area contributed by atoms with Gasteiger partial charge in [-0.15, -0.1) is 11.3 Å². The molecule has 0 bridgehead atoms. The first-order valence-electron chi connectivity index (χ1n) is 6.32. The van der Waals surface area contributed by atoms with Crippen molar-refractivity contribution in [3.63, 3.8) is 0 Å². The van der Waals surface area contributed by atoms with E-state index in [4.69, 9.17) is 0 Å². The molecule has 1 aromatic heterocycles. The molecule has 0 atom stereocenters. The predicted octanol–water partition coefficient (Wildman–Crippen LogP) is 2.14. The minimum atomic E-state index is -3.66. The molecule has 0 aliphatic carbocycles. The maximum atomic E-state index is 12.3. The van der Waals surface area contributed by atoms with Gasteiger partial charge in [-0.3, -0.25) is 9.52 Å². The van der Waals surface area contributed by atoms with Gasteiger partial charge in [0.1, 0.15) is 0 Å². The minimum absolute atomic E-state index is 0.0468. The normalized spacial score (nSPS) is 14.4. The van der Waals surface area contributed by atoms with E-state index in [0.717, 1.165) is 11.3 Å². The zero-order valence-electron chi connectivity index (χ0n) is 11.2. The van der Waals surface area contributed by atoms with Gasteiger partial charge in [-0.2, -0.15) is 0 Å². The van der Waals surface area contributed by atoms with Crippen LogP contribution in [0.3, 0.4) is 0 Å². The molecule has 6 nitrogen and oxygen atoms in total. The van der Waals surface area contributed by atoms with Gasteiger partial charge in [0.25, 0.3) is 10.0 Å². The molecule has 21 heavy (non-hydrogen) atoms. The smallest absolute Gasteiger partial charge is 0.263 e. The summed E-state index contributed by atoms with van der Waals surface area (Å²) in [4.78, 5) is 15.6. The van der Waals surface area contributed by atoms with Crippen molar-refractivity contribution in [2.75, 3.05) is 10.0 Å². The van der Waals surface area contributed by atoms with Crippen LogP contribution in [-0.4, -0.2) is 19.3 Å². The number of nitrogens with one attached hydrogen (secondary N) is 2. The Morgan fingerprint density at radius 3 is 2.86 bits per heavy atom. The molecule has 0 unspecified atom stereocenters. The average molecular weight is 323 g/mol. The number of anilines is 2. The molecule has 2 heterocycles. The summed E-state index contributed by atoms with van der Waals surface area (Å²) in [6.45, 7) is 1.80. The molecule has 2 N–H and O–H groups in total. The number of amides is 1. The number of hydrogen-bond donors (Lipinski definition) is 2. The number of carbonyl (C=O) groups excluding carboxylic acids is 1. The summed E-state index contributed by atoms with van der Waals surface area (Å²) >= 11 is 1.24. The zero-order valence-corrected chi connectivity index (χ0v) is 12.8. The molecule has 2 aromatic rings. The summed E-state index contributed by atoms with van der Waals surface area (Å²) in [6.07, 6.45) is 0.913. The van der Waals surface area contributed by atoms with Crippen LogP contribution in [0, 0.1) is 6.92 Å². The molecule has 0 radical (unpaired) electrons. The van der Waals surface area contributed by atoms with E-state index >= 15 is 0 Å². The van der Waals surface area contributed by atoms with E-state index in [-0.39, 0.29) is 10.8 Å². The maximum Gasteiger partial charge on any atom is 0.263 e. The Morgan fingerprint density at radius 1 is 1.33 bits per heavy atom. The second-order valence-electron chi connectivity index (χ2n) is 4.77. The number of carbonyl (C=O) groups is 1. The second kappa shape index (κ2) is 5.12. The van der Waals surface area contributed by atoms with E-state index in [1.54, 1.807) is 24.4 Å². The van der Waals surface area contributed by atoms with Crippen molar-refractivity contribution < 1.29 is 13.2 Å². The molecule has 1 aliphatic rings. The molecule has 1 aliphatic heterocycles. The molecule has 3 rings (SSSR count). The predicted molar refractivity (Wildman–Crippen MR) is 81.1 cm³/mol. The molecule has 0 saturated carbocycles. The fraction of sp³-hybridized carbons (Fsp3) is 0.231. The van der Waals surface area contributed by atoms with Gasteiger partial charge in [0.05, 0.1) is 10.6 Å². The molecule has 1 aromatic carbocycles. The van der Waals surface area contributed by atoms with Gasteiger partial charge >= 0.3 is 0 Å². The Labute approximate surface area is 126 Å². The van der Waals surface area contributed by atoms with Crippen LogP contribution in [0.5, 0.6) is 0 Å². The molecule has 0 saturated heterocycles. The van der Waals surface area contributed by atoms with Crippen LogP contribution in [-0.2, 0) is 21.2 Å². The number of benzene rings is 1. The van der Waals surface area contributed by atoms with Gasteiger partial charge in [-0.1, -0.05) is 0 Å². The highest BCUT2D eigenvalue weighted by atomic mass is 32.2. The summed E-state index contributed by atoms with van der Waals surface area (Å²) in [7, 11) is -3.66. The number of sulfonamides is 1. The number of fused-ring (bicyclic) bond motifs is 1. The van der Waals surface area contributed by atoms with E-state index in [2.05, 4.69) is 15.0 Å². The number of thiazole rings is 1. The third-order valence-corrected chi connectivity index (χ3v) is 5.46. The van der Waals surface area contributed by atoms with Gasteiger partial charge in [0.2, 0.25) is 5.91 Å². The fourth-order valence-corrected chi connectivity index (χ4v) is 4.09. The Hall–Kier alpha value is -1.93. The quantitative estimate of drug-likeness (QED) is 0.906. The lowest BCUT2D eigenvalue weighted by Crippen LogP contribution is -2.20. The summed E-state index contributed by atoms with van der Waals surface area (Å²) in [5.74, 6) is -0.0468. The third-order valence-electron chi connectivity index (χ3n) is 3.12. The van der Waals surface area contributed by atoms with Crippen LogP contribution in [0.2, 0.25) is 0 Å². The number of hydrogen-bond acceptors (Lipinski definition) is 5. The van der Waals surface area contributed by atoms with Crippen molar-refractivity contribution in [3.8, 4) is 0 Å². The summed E-state index contributed by atoms with van der Waals surface area (Å²) in [6, 6.07) is 4.69. The number of rotatable bonds is 3. The molecule has 0 fully saturated rings. The standard InChI is InChI=1S/C13H13N3O3S2/c1-8-7-20-13(14-8)16-21(18,19)10-3-4-11-9(6-10)2-5-12(17)15-11/h3-4,6-7H,2,5H2,1H3,(H,14,16)(H,15,17). The summed E-state index contributed by atoms with van der Waals surface area (Å²) < 4.78 is 27.1. The van der Waals surface area contributed by atoms with Gasteiger partial charge in [0.15, 0.2) is 5.13 Å². The van der Waals surface area contributed by atoms with E-state index in [0.29, 0.717) is 23.7 Å². The number of nitrogens with zero attached hydrogens (tertiary/aromatic N) is 1. The van der Waals surface area contributed by atoms with Gasteiger partial charge in [0, 0.05) is 17.5 Å². The fourth-order valence-electron chi connectivity index (χ4n) is 2.10. The molecular formula is C13H13N3O3S2. The largest absolute Gasteiger partial charge is 0.326 e. The Bertz CT molecular complexity index is 812. The van der Waals surface area contributed by atoms with E-state index in [1.165, 1.54) is 17.4 Å². The van der Waals surface area contributed by atoms with Gasteiger partial charge < -0.3 is 5.32 Å². The lowest BCUT2D eigenvalue weighted by molar-refractivity contribution is -0.116. The molecule has 1 amide bonds. The van der Waals surface area contributed by atoms with Crippen LogP contribution < -0.4 is 10.0 Å². The first-order chi connectivity index (χ1) is 9.94. The highest BCUT2D eigenvalue weighted by Gasteiger charge is 2.20. The average Bonchev–Trinajstić information content (AvgIpc) is 2.82. The topological polar surface area (TPSA) is 88.2 Å². The second-order valence-corrected chi connectivity index (χ2v) is 7.31. The monoisotopic (exact) mass is 323 g/mol. The van der Waals surface area contributed by atoms with E-state index in [9.17, 15) is 13.2 Å². The van der Waals surface area contributed by atoms with Crippen molar-refractivity contribution in [3.05, 3.63) is 34.8 Å². The molecule has 110 valence electrons. The van der Waals surface area contributed by atoms with Crippen LogP contribution in [0.1, 0.15) is 17.7 Å². The molecule has 8 heteroatoms. The van der Waals surface area contributed by atoms with Crippen LogP contribution in [0.15, 0.2) is 28.5 Å². The van der Waals surface area contributed by atoms with Crippen molar-refractivity contribution >= 4 is 38.1 Å². The highest BCUT2D eigenvalue weighted by molar-refractivity contribution is 7.93.